The van der Waals surface area contributed by atoms with Gasteiger partial charge in [-0.15, -0.1) is 0 Å². The quantitative estimate of drug-likeness (QED) is 0.768. The van der Waals surface area contributed by atoms with Crippen molar-refractivity contribution in [2.75, 3.05) is 0 Å². The number of hydrogen-bond acceptors (Lipinski definition) is 2. The van der Waals surface area contributed by atoms with Gasteiger partial charge in [-0.2, -0.15) is 0 Å². The average Bonchev–Trinajstić information content (AvgIpc) is 2.58. The molecule has 19 heavy (non-hydrogen) atoms. The van der Waals surface area contributed by atoms with Crippen molar-refractivity contribution in [1.29, 1.82) is 0 Å². The smallest absolute Gasteiger partial charge is 0.0876 e. The highest BCUT2D eigenvalue weighted by Gasteiger charge is 2.32. The van der Waals surface area contributed by atoms with Crippen molar-refractivity contribution in [3.63, 3.8) is 0 Å². The molecule has 0 amide bonds. The van der Waals surface area contributed by atoms with E-state index in [2.05, 4.69) is 18.2 Å². The molecule has 1 aliphatic rings. The largest absolute Gasteiger partial charge is 0.388 e. The molecule has 3 rings (SSSR count). The minimum atomic E-state index is -0.518. The van der Waals surface area contributed by atoms with Gasteiger partial charge in [-0.1, -0.05) is 54.6 Å². The Morgan fingerprint density at radius 3 is 2.42 bits per heavy atom. The molecule has 0 radical (unpaired) electrons. The van der Waals surface area contributed by atoms with Gasteiger partial charge in [-0.25, -0.2) is 0 Å². The summed E-state index contributed by atoms with van der Waals surface area (Å²) in [5.74, 6) is -0.0233. The summed E-state index contributed by atoms with van der Waals surface area (Å²) in [6, 6.07) is 18.2. The lowest BCUT2D eigenvalue weighted by Crippen LogP contribution is -2.31. The Balaban J connectivity index is 2.05. The van der Waals surface area contributed by atoms with Crippen LogP contribution in [-0.2, 0) is 6.42 Å². The van der Waals surface area contributed by atoms with Crippen LogP contribution in [0, 0.1) is 0 Å². The lowest BCUT2D eigenvalue weighted by molar-refractivity contribution is 0.134. The summed E-state index contributed by atoms with van der Waals surface area (Å²) >= 11 is 0. The van der Waals surface area contributed by atoms with E-state index < -0.39 is 6.10 Å². The van der Waals surface area contributed by atoms with Gasteiger partial charge < -0.3 is 10.8 Å². The van der Waals surface area contributed by atoms with Crippen LogP contribution in [0.3, 0.4) is 0 Å². The molecule has 2 nitrogen and oxygen atoms in total. The van der Waals surface area contributed by atoms with E-state index in [-0.39, 0.29) is 12.0 Å². The number of rotatable bonds is 1. The van der Waals surface area contributed by atoms with Crippen molar-refractivity contribution >= 4 is 0 Å². The van der Waals surface area contributed by atoms with Crippen LogP contribution in [0.25, 0.3) is 0 Å². The van der Waals surface area contributed by atoms with Gasteiger partial charge >= 0.3 is 0 Å². The van der Waals surface area contributed by atoms with Crippen molar-refractivity contribution < 1.29 is 5.11 Å². The highest BCUT2D eigenvalue weighted by Crippen LogP contribution is 2.38. The predicted octanol–water partition coefficient (Wildman–Crippen LogP) is 2.78. The summed E-state index contributed by atoms with van der Waals surface area (Å²) in [6.07, 6.45) is 1.34. The molecular weight excluding hydrogens is 234 g/mol. The number of hydrogen-bond donors (Lipinski definition) is 2. The van der Waals surface area contributed by atoms with E-state index >= 15 is 0 Å². The van der Waals surface area contributed by atoms with Gasteiger partial charge in [-0.3, -0.25) is 0 Å². The first-order valence-corrected chi connectivity index (χ1v) is 6.84. The van der Waals surface area contributed by atoms with E-state index in [1.165, 1.54) is 5.56 Å². The molecule has 1 aliphatic carbocycles. The van der Waals surface area contributed by atoms with Crippen molar-refractivity contribution in [1.82, 2.24) is 0 Å². The monoisotopic (exact) mass is 253 g/mol. The molecule has 0 fully saturated rings. The van der Waals surface area contributed by atoms with Gasteiger partial charge in [0.25, 0.3) is 0 Å². The van der Waals surface area contributed by atoms with E-state index in [9.17, 15) is 5.11 Å². The molecule has 98 valence electrons. The van der Waals surface area contributed by atoms with Crippen LogP contribution >= 0.6 is 0 Å². The Morgan fingerprint density at radius 2 is 1.63 bits per heavy atom. The molecule has 3 atom stereocenters. The summed E-state index contributed by atoms with van der Waals surface area (Å²) in [5, 5.41) is 10.7. The third kappa shape index (κ3) is 2.29. The molecule has 0 aliphatic heterocycles. The van der Waals surface area contributed by atoms with E-state index in [4.69, 9.17) is 5.73 Å². The first-order valence-electron chi connectivity index (χ1n) is 6.84. The van der Waals surface area contributed by atoms with Crippen LogP contribution in [-0.4, -0.2) is 11.1 Å². The van der Waals surface area contributed by atoms with Crippen LogP contribution in [0.5, 0.6) is 0 Å². The highest BCUT2D eigenvalue weighted by molar-refractivity contribution is 5.35. The van der Waals surface area contributed by atoms with Crippen LogP contribution in [0.1, 0.15) is 35.1 Å². The Kier molecular flexibility index (Phi) is 3.36. The normalized spacial score (nSPS) is 26.5. The fraction of sp³-hybridized carbons (Fsp3) is 0.294. The lowest BCUT2D eigenvalue weighted by atomic mass is 9.84. The zero-order valence-electron chi connectivity index (χ0n) is 10.9. The first-order chi connectivity index (χ1) is 9.27. The number of aliphatic hydroxyl groups excluding tert-OH is 1. The molecule has 0 bridgehead atoms. The van der Waals surface area contributed by atoms with Gasteiger partial charge in [0.2, 0.25) is 0 Å². The van der Waals surface area contributed by atoms with Crippen LogP contribution in [0.2, 0.25) is 0 Å². The fourth-order valence-corrected chi connectivity index (χ4v) is 3.08. The van der Waals surface area contributed by atoms with Crippen molar-refractivity contribution in [3.05, 3.63) is 71.3 Å². The van der Waals surface area contributed by atoms with Gasteiger partial charge in [0.1, 0.15) is 0 Å². The number of benzene rings is 2. The van der Waals surface area contributed by atoms with Crippen molar-refractivity contribution in [2.45, 2.75) is 30.9 Å². The molecule has 0 saturated heterocycles. The van der Waals surface area contributed by atoms with E-state index in [1.807, 2.05) is 36.4 Å². The van der Waals surface area contributed by atoms with E-state index in [1.54, 1.807) is 0 Å². The average molecular weight is 253 g/mol. The topological polar surface area (TPSA) is 46.2 Å². The minimum absolute atomic E-state index is 0.00944. The third-order valence-electron chi connectivity index (χ3n) is 4.11. The SMILES string of the molecule is NC1CCc2ccccc2C(O)C1c1ccccc1. The predicted molar refractivity (Wildman–Crippen MR) is 76.9 cm³/mol. The molecular formula is C17H19NO. The zero-order chi connectivity index (χ0) is 13.2. The Morgan fingerprint density at radius 1 is 0.947 bits per heavy atom. The number of fused-ring (bicyclic) bond motifs is 1. The maximum atomic E-state index is 10.7. The molecule has 0 saturated carbocycles. The molecule has 0 heterocycles. The van der Waals surface area contributed by atoms with Crippen LogP contribution in [0.15, 0.2) is 54.6 Å². The maximum absolute atomic E-state index is 10.7. The molecule has 3 unspecified atom stereocenters. The van der Waals surface area contributed by atoms with Gasteiger partial charge in [0, 0.05) is 12.0 Å². The molecule has 0 spiro atoms. The molecule has 2 heteroatoms. The molecule has 3 N–H and O–H groups in total. The first kappa shape index (κ1) is 12.4. The molecule has 2 aromatic carbocycles. The van der Waals surface area contributed by atoms with E-state index in [0.717, 1.165) is 24.0 Å². The Hall–Kier alpha value is -1.64. The second-order valence-electron chi connectivity index (χ2n) is 5.28. The summed E-state index contributed by atoms with van der Waals surface area (Å²) in [4.78, 5) is 0. The van der Waals surface area contributed by atoms with Crippen molar-refractivity contribution in [3.8, 4) is 0 Å². The van der Waals surface area contributed by atoms with Crippen molar-refractivity contribution in [2.24, 2.45) is 5.73 Å². The van der Waals surface area contributed by atoms with Crippen LogP contribution < -0.4 is 5.73 Å². The minimum Gasteiger partial charge on any atom is -0.388 e. The summed E-state index contributed by atoms with van der Waals surface area (Å²) in [6.45, 7) is 0. The fourth-order valence-electron chi connectivity index (χ4n) is 3.08. The zero-order valence-corrected chi connectivity index (χ0v) is 10.9. The highest BCUT2D eigenvalue weighted by atomic mass is 16.3. The second-order valence-corrected chi connectivity index (χ2v) is 5.28. The second kappa shape index (κ2) is 5.16. The standard InChI is InChI=1S/C17H19NO/c18-15-11-10-12-6-4-5-9-14(12)17(19)16(15)13-7-2-1-3-8-13/h1-9,15-17,19H,10-11,18H2. The summed E-state index contributed by atoms with van der Waals surface area (Å²) in [5.41, 5.74) is 9.70. The maximum Gasteiger partial charge on any atom is 0.0876 e. The Labute approximate surface area is 113 Å². The number of nitrogens with two attached hydrogens (primary N) is 1. The van der Waals surface area contributed by atoms with Crippen LogP contribution in [0.4, 0.5) is 0 Å². The summed E-state index contributed by atoms with van der Waals surface area (Å²) < 4.78 is 0. The lowest BCUT2D eigenvalue weighted by Gasteiger charge is -2.27. The summed E-state index contributed by atoms with van der Waals surface area (Å²) in [7, 11) is 0. The Bertz CT molecular complexity index is 552. The number of aryl methyl sites for hydroxylation is 1. The third-order valence-corrected chi connectivity index (χ3v) is 4.11. The molecule has 2 aromatic rings. The number of aliphatic hydroxyl groups is 1. The van der Waals surface area contributed by atoms with Gasteiger partial charge in [0.15, 0.2) is 0 Å². The molecule has 0 aromatic heterocycles. The van der Waals surface area contributed by atoms with Gasteiger partial charge in [-0.05, 0) is 29.5 Å². The van der Waals surface area contributed by atoms with E-state index in [0.29, 0.717) is 0 Å². The van der Waals surface area contributed by atoms with Gasteiger partial charge in [0.05, 0.1) is 6.10 Å².